The molecule has 0 radical (unpaired) electrons. The molecule has 0 spiro atoms. The minimum Gasteiger partial charge on any atom is -0.394 e. The summed E-state index contributed by atoms with van der Waals surface area (Å²) in [5.41, 5.74) is 1.86. The SMILES string of the molecule is OC[C@@H]1O[C@H](O)[C@@H](OCc2ccccc2)[C@H](OCc2ccccc2)[C@@H]1O. The molecule has 0 bridgehead atoms. The molecule has 0 aromatic heterocycles. The highest BCUT2D eigenvalue weighted by molar-refractivity contribution is 5.14. The van der Waals surface area contributed by atoms with Gasteiger partial charge in [-0.2, -0.15) is 0 Å². The Labute approximate surface area is 152 Å². The van der Waals surface area contributed by atoms with E-state index in [1.54, 1.807) is 0 Å². The summed E-state index contributed by atoms with van der Waals surface area (Å²) >= 11 is 0. The van der Waals surface area contributed by atoms with E-state index in [9.17, 15) is 15.3 Å². The topological polar surface area (TPSA) is 88.4 Å². The molecule has 2 aromatic carbocycles. The van der Waals surface area contributed by atoms with Crippen molar-refractivity contribution in [3.8, 4) is 0 Å². The van der Waals surface area contributed by atoms with Gasteiger partial charge in [0.2, 0.25) is 0 Å². The molecule has 1 fully saturated rings. The number of benzene rings is 2. The Balaban J connectivity index is 1.69. The second-order valence-electron chi connectivity index (χ2n) is 6.26. The summed E-state index contributed by atoms with van der Waals surface area (Å²) in [5.74, 6) is 0. The molecule has 1 aliphatic rings. The van der Waals surface area contributed by atoms with Crippen LogP contribution in [0.4, 0.5) is 0 Å². The number of aliphatic hydroxyl groups is 3. The third-order valence-electron chi connectivity index (χ3n) is 4.39. The molecule has 1 heterocycles. The number of ether oxygens (including phenoxy) is 3. The van der Waals surface area contributed by atoms with E-state index in [4.69, 9.17) is 14.2 Å². The van der Waals surface area contributed by atoms with E-state index < -0.39 is 37.3 Å². The van der Waals surface area contributed by atoms with E-state index in [0.29, 0.717) is 0 Å². The van der Waals surface area contributed by atoms with Crippen LogP contribution in [0.15, 0.2) is 60.7 Å². The van der Waals surface area contributed by atoms with Crippen molar-refractivity contribution in [1.82, 2.24) is 0 Å². The van der Waals surface area contributed by atoms with E-state index in [2.05, 4.69) is 0 Å². The zero-order chi connectivity index (χ0) is 18.4. The van der Waals surface area contributed by atoms with E-state index in [0.717, 1.165) is 11.1 Å². The standard InChI is InChI=1S/C20H24O6/c21-11-16-17(22)18(24-12-14-7-3-1-4-8-14)19(20(23)26-16)25-13-15-9-5-2-6-10-15/h1-10,16-23H,11-13H2/t16-,17+,18+,19-,20-/m0/s1. The first-order valence-corrected chi connectivity index (χ1v) is 8.62. The predicted octanol–water partition coefficient (Wildman–Crippen LogP) is 1.23. The second kappa shape index (κ2) is 9.23. The van der Waals surface area contributed by atoms with Gasteiger partial charge in [-0.25, -0.2) is 0 Å². The van der Waals surface area contributed by atoms with Gasteiger partial charge in [0.1, 0.15) is 24.4 Å². The maximum Gasteiger partial charge on any atom is 0.184 e. The van der Waals surface area contributed by atoms with Gasteiger partial charge < -0.3 is 29.5 Å². The van der Waals surface area contributed by atoms with Crippen molar-refractivity contribution in [2.75, 3.05) is 6.61 Å². The Morgan fingerprint density at radius 1 is 0.769 bits per heavy atom. The lowest BCUT2D eigenvalue weighted by molar-refractivity contribution is -0.307. The Morgan fingerprint density at radius 3 is 1.77 bits per heavy atom. The largest absolute Gasteiger partial charge is 0.394 e. The first kappa shape index (κ1) is 19.0. The van der Waals surface area contributed by atoms with Crippen molar-refractivity contribution >= 4 is 0 Å². The summed E-state index contributed by atoms with van der Waals surface area (Å²) in [7, 11) is 0. The summed E-state index contributed by atoms with van der Waals surface area (Å²) in [6, 6.07) is 19.0. The van der Waals surface area contributed by atoms with Gasteiger partial charge in [0, 0.05) is 0 Å². The maximum atomic E-state index is 10.5. The molecule has 0 aliphatic carbocycles. The van der Waals surface area contributed by atoms with E-state index in [1.807, 2.05) is 60.7 Å². The average Bonchev–Trinajstić information content (AvgIpc) is 2.69. The predicted molar refractivity (Wildman–Crippen MR) is 94.0 cm³/mol. The molecular formula is C20H24O6. The first-order chi connectivity index (χ1) is 12.7. The third kappa shape index (κ3) is 4.67. The highest BCUT2D eigenvalue weighted by Crippen LogP contribution is 2.26. The van der Waals surface area contributed by atoms with Crippen molar-refractivity contribution in [2.45, 2.75) is 43.9 Å². The average molecular weight is 360 g/mol. The van der Waals surface area contributed by atoms with E-state index in [-0.39, 0.29) is 13.2 Å². The zero-order valence-corrected chi connectivity index (χ0v) is 14.3. The monoisotopic (exact) mass is 360 g/mol. The zero-order valence-electron chi connectivity index (χ0n) is 14.3. The molecular weight excluding hydrogens is 336 g/mol. The molecule has 1 saturated heterocycles. The molecule has 26 heavy (non-hydrogen) atoms. The highest BCUT2D eigenvalue weighted by Gasteiger charge is 2.46. The van der Waals surface area contributed by atoms with Crippen LogP contribution in [0.3, 0.4) is 0 Å². The van der Waals surface area contributed by atoms with Crippen LogP contribution < -0.4 is 0 Å². The van der Waals surface area contributed by atoms with Gasteiger partial charge in [0.05, 0.1) is 19.8 Å². The smallest absolute Gasteiger partial charge is 0.184 e. The molecule has 3 N–H and O–H groups in total. The summed E-state index contributed by atoms with van der Waals surface area (Å²) in [6.45, 7) is 0.0705. The fraction of sp³-hybridized carbons (Fsp3) is 0.400. The molecule has 0 unspecified atom stereocenters. The normalized spacial score (nSPS) is 28.8. The second-order valence-corrected chi connectivity index (χ2v) is 6.26. The lowest BCUT2D eigenvalue weighted by atomic mass is 9.98. The van der Waals surface area contributed by atoms with Gasteiger partial charge in [-0.15, -0.1) is 0 Å². The van der Waals surface area contributed by atoms with Gasteiger partial charge in [-0.05, 0) is 11.1 Å². The number of hydrogen-bond acceptors (Lipinski definition) is 6. The van der Waals surface area contributed by atoms with Crippen molar-refractivity contribution in [3.63, 3.8) is 0 Å². The van der Waals surface area contributed by atoms with Crippen LogP contribution in [0.25, 0.3) is 0 Å². The van der Waals surface area contributed by atoms with E-state index in [1.165, 1.54) is 0 Å². The fourth-order valence-electron chi connectivity index (χ4n) is 2.96. The van der Waals surface area contributed by atoms with Gasteiger partial charge >= 0.3 is 0 Å². The lowest BCUT2D eigenvalue weighted by Crippen LogP contribution is -2.60. The molecule has 6 heteroatoms. The Hall–Kier alpha value is -1.80. The molecule has 3 rings (SSSR count). The van der Waals surface area contributed by atoms with Crippen molar-refractivity contribution in [3.05, 3.63) is 71.8 Å². The van der Waals surface area contributed by atoms with Crippen molar-refractivity contribution in [1.29, 1.82) is 0 Å². The van der Waals surface area contributed by atoms with Crippen LogP contribution in [0.5, 0.6) is 0 Å². The van der Waals surface area contributed by atoms with Crippen LogP contribution in [0.1, 0.15) is 11.1 Å². The minimum atomic E-state index is -1.31. The Morgan fingerprint density at radius 2 is 1.27 bits per heavy atom. The van der Waals surface area contributed by atoms with Crippen LogP contribution in [0, 0.1) is 0 Å². The fourth-order valence-corrected chi connectivity index (χ4v) is 2.96. The van der Waals surface area contributed by atoms with Gasteiger partial charge in [-0.3, -0.25) is 0 Å². The van der Waals surface area contributed by atoms with Crippen molar-refractivity contribution in [2.24, 2.45) is 0 Å². The molecule has 2 aromatic rings. The van der Waals surface area contributed by atoms with E-state index >= 15 is 0 Å². The number of rotatable bonds is 7. The molecule has 0 amide bonds. The molecule has 0 saturated carbocycles. The van der Waals surface area contributed by atoms with Crippen molar-refractivity contribution < 1.29 is 29.5 Å². The third-order valence-corrected chi connectivity index (χ3v) is 4.39. The molecule has 140 valence electrons. The van der Waals surface area contributed by atoms with Gasteiger partial charge in [0.15, 0.2) is 6.29 Å². The lowest BCUT2D eigenvalue weighted by Gasteiger charge is -2.42. The van der Waals surface area contributed by atoms with Crippen LogP contribution in [0.2, 0.25) is 0 Å². The summed E-state index contributed by atoms with van der Waals surface area (Å²) < 4.78 is 16.9. The quantitative estimate of drug-likeness (QED) is 0.688. The number of aliphatic hydroxyl groups excluding tert-OH is 3. The summed E-state index contributed by atoms with van der Waals surface area (Å²) in [4.78, 5) is 0. The Kier molecular flexibility index (Phi) is 6.73. The maximum absolute atomic E-state index is 10.5. The first-order valence-electron chi connectivity index (χ1n) is 8.62. The molecule has 5 atom stereocenters. The van der Waals surface area contributed by atoms with Crippen LogP contribution in [-0.2, 0) is 27.4 Å². The number of hydrogen-bond donors (Lipinski definition) is 3. The van der Waals surface area contributed by atoms with Crippen LogP contribution >= 0.6 is 0 Å². The molecule has 1 aliphatic heterocycles. The summed E-state index contributed by atoms with van der Waals surface area (Å²) in [5, 5.41) is 30.2. The minimum absolute atomic E-state index is 0.244. The summed E-state index contributed by atoms with van der Waals surface area (Å²) in [6.07, 6.45) is -5.06. The highest BCUT2D eigenvalue weighted by atomic mass is 16.7. The van der Waals surface area contributed by atoms with Gasteiger partial charge in [0.25, 0.3) is 0 Å². The van der Waals surface area contributed by atoms with Crippen LogP contribution in [-0.4, -0.2) is 52.6 Å². The molecule has 6 nitrogen and oxygen atoms in total. The van der Waals surface area contributed by atoms with Gasteiger partial charge in [-0.1, -0.05) is 60.7 Å². The Bertz CT molecular complexity index is 650.